The molecule has 1 aromatic rings. The van der Waals surface area contributed by atoms with Gasteiger partial charge in [-0.2, -0.15) is 13.2 Å². The minimum atomic E-state index is -4.57. The number of amides is 1. The van der Waals surface area contributed by atoms with Crippen molar-refractivity contribution >= 4 is 11.9 Å². The Hall–Kier alpha value is -2.12. The Bertz CT molecular complexity index is 559. The lowest BCUT2D eigenvalue weighted by atomic mass is 10.0. The van der Waals surface area contributed by atoms with Gasteiger partial charge in [-0.15, -0.1) is 0 Å². The average molecular weight is 318 g/mol. The molecule has 0 aliphatic rings. The predicted molar refractivity (Wildman–Crippen MR) is 72.3 cm³/mol. The number of alkyl halides is 3. The minimum absolute atomic E-state index is 0.00589. The standard InChI is InChI=1S/C14H17F3N2O3/c1-3-4-9(13(21)22)7-18-12(20)10-5-6-11(14(15,16)17)19-8(10)2/h5-6,9H,3-4,7H2,1-2H3,(H,18,20)(H,21,22). The van der Waals surface area contributed by atoms with Crippen molar-refractivity contribution in [3.05, 3.63) is 29.1 Å². The Labute approximate surface area is 125 Å². The first kappa shape index (κ1) is 17.9. The summed E-state index contributed by atoms with van der Waals surface area (Å²) < 4.78 is 37.5. The molecule has 0 aromatic carbocycles. The van der Waals surface area contributed by atoms with Crippen LogP contribution in [0, 0.1) is 12.8 Å². The van der Waals surface area contributed by atoms with Crippen LogP contribution in [-0.4, -0.2) is 28.5 Å². The van der Waals surface area contributed by atoms with Crippen molar-refractivity contribution in [3.8, 4) is 0 Å². The van der Waals surface area contributed by atoms with E-state index in [1.807, 2.05) is 6.92 Å². The third-order valence-electron chi connectivity index (χ3n) is 3.12. The molecule has 1 heterocycles. The van der Waals surface area contributed by atoms with Gasteiger partial charge in [0, 0.05) is 6.54 Å². The summed E-state index contributed by atoms with van der Waals surface area (Å²) in [4.78, 5) is 26.3. The van der Waals surface area contributed by atoms with Crippen LogP contribution < -0.4 is 5.32 Å². The normalized spacial score (nSPS) is 12.8. The van der Waals surface area contributed by atoms with Gasteiger partial charge in [-0.1, -0.05) is 13.3 Å². The second kappa shape index (κ2) is 7.24. The number of carbonyl (C=O) groups excluding carboxylic acids is 1. The molecule has 2 N–H and O–H groups in total. The molecule has 1 atom stereocenters. The van der Waals surface area contributed by atoms with E-state index in [2.05, 4.69) is 10.3 Å². The number of carboxylic acids is 1. The molecule has 5 nitrogen and oxygen atoms in total. The van der Waals surface area contributed by atoms with E-state index in [-0.39, 0.29) is 17.8 Å². The Morgan fingerprint density at radius 2 is 2.00 bits per heavy atom. The molecule has 0 spiro atoms. The molecule has 1 aromatic heterocycles. The summed E-state index contributed by atoms with van der Waals surface area (Å²) in [6, 6.07) is 1.76. The molecule has 0 fully saturated rings. The number of nitrogens with one attached hydrogen (secondary N) is 1. The summed E-state index contributed by atoms with van der Waals surface area (Å²) in [6.07, 6.45) is -3.52. The summed E-state index contributed by atoms with van der Waals surface area (Å²) in [5, 5.41) is 11.4. The molecule has 1 rings (SSSR count). The third kappa shape index (κ3) is 4.71. The van der Waals surface area contributed by atoms with E-state index in [1.54, 1.807) is 0 Å². The number of aryl methyl sites for hydroxylation is 1. The largest absolute Gasteiger partial charge is 0.481 e. The Morgan fingerprint density at radius 1 is 1.36 bits per heavy atom. The Morgan fingerprint density at radius 3 is 2.45 bits per heavy atom. The van der Waals surface area contributed by atoms with E-state index < -0.39 is 29.7 Å². The van der Waals surface area contributed by atoms with E-state index in [0.717, 1.165) is 12.1 Å². The zero-order chi connectivity index (χ0) is 16.9. The van der Waals surface area contributed by atoms with Gasteiger partial charge in [-0.25, -0.2) is 4.98 Å². The van der Waals surface area contributed by atoms with Crippen molar-refractivity contribution in [1.29, 1.82) is 0 Å². The molecule has 0 aliphatic carbocycles. The summed E-state index contributed by atoms with van der Waals surface area (Å²) in [6.45, 7) is 3.04. The first-order chi connectivity index (χ1) is 10.2. The lowest BCUT2D eigenvalue weighted by Gasteiger charge is -2.14. The van der Waals surface area contributed by atoms with Gasteiger partial charge >= 0.3 is 12.1 Å². The van der Waals surface area contributed by atoms with Crippen LogP contribution in [0.1, 0.15) is 41.5 Å². The van der Waals surface area contributed by atoms with Crippen LogP contribution in [0.3, 0.4) is 0 Å². The van der Waals surface area contributed by atoms with Crippen LogP contribution in [0.5, 0.6) is 0 Å². The highest BCUT2D eigenvalue weighted by Gasteiger charge is 2.33. The molecular weight excluding hydrogens is 301 g/mol. The lowest BCUT2D eigenvalue weighted by molar-refractivity contribution is -0.142. The van der Waals surface area contributed by atoms with Crippen molar-refractivity contribution in [2.24, 2.45) is 5.92 Å². The molecule has 22 heavy (non-hydrogen) atoms. The molecule has 1 amide bonds. The fraction of sp³-hybridized carbons (Fsp3) is 0.500. The second-order valence-corrected chi connectivity index (χ2v) is 4.86. The number of carboxylic acid groups (broad SMARTS) is 1. The number of hydrogen-bond donors (Lipinski definition) is 2. The van der Waals surface area contributed by atoms with Crippen LogP contribution in [0.15, 0.2) is 12.1 Å². The first-order valence-electron chi connectivity index (χ1n) is 6.72. The zero-order valence-electron chi connectivity index (χ0n) is 12.2. The maximum absolute atomic E-state index is 12.5. The van der Waals surface area contributed by atoms with E-state index in [9.17, 15) is 22.8 Å². The summed E-state index contributed by atoms with van der Waals surface area (Å²) in [7, 11) is 0. The van der Waals surface area contributed by atoms with Gasteiger partial charge in [0.05, 0.1) is 17.2 Å². The fourth-order valence-corrected chi connectivity index (χ4v) is 1.93. The van der Waals surface area contributed by atoms with E-state index in [4.69, 9.17) is 5.11 Å². The predicted octanol–water partition coefficient (Wildman–Crippen LogP) is 2.64. The van der Waals surface area contributed by atoms with E-state index in [1.165, 1.54) is 6.92 Å². The molecule has 0 radical (unpaired) electrons. The quantitative estimate of drug-likeness (QED) is 0.845. The van der Waals surface area contributed by atoms with Crippen LogP contribution >= 0.6 is 0 Å². The highest BCUT2D eigenvalue weighted by Crippen LogP contribution is 2.28. The van der Waals surface area contributed by atoms with Crippen molar-refractivity contribution in [2.45, 2.75) is 32.9 Å². The number of nitrogens with zero attached hydrogens (tertiary/aromatic N) is 1. The molecular formula is C14H17F3N2O3. The lowest BCUT2D eigenvalue weighted by Crippen LogP contribution is -2.33. The van der Waals surface area contributed by atoms with Crippen LogP contribution in [-0.2, 0) is 11.0 Å². The highest BCUT2D eigenvalue weighted by atomic mass is 19.4. The number of aliphatic carboxylic acids is 1. The molecule has 122 valence electrons. The number of pyridine rings is 1. The van der Waals surface area contributed by atoms with E-state index >= 15 is 0 Å². The van der Waals surface area contributed by atoms with Gasteiger partial charge in [-0.3, -0.25) is 9.59 Å². The molecule has 1 unspecified atom stereocenters. The number of rotatable bonds is 6. The molecule has 0 saturated carbocycles. The van der Waals surface area contributed by atoms with Crippen molar-refractivity contribution in [2.75, 3.05) is 6.54 Å². The molecule has 0 bridgehead atoms. The molecule has 0 saturated heterocycles. The number of halogens is 3. The number of hydrogen-bond acceptors (Lipinski definition) is 3. The van der Waals surface area contributed by atoms with Gasteiger partial charge in [-0.05, 0) is 25.5 Å². The summed E-state index contributed by atoms with van der Waals surface area (Å²) in [5.41, 5.74) is -1.14. The number of carbonyl (C=O) groups is 2. The molecule has 8 heteroatoms. The number of aromatic nitrogens is 1. The van der Waals surface area contributed by atoms with Crippen molar-refractivity contribution in [3.63, 3.8) is 0 Å². The monoisotopic (exact) mass is 318 g/mol. The average Bonchev–Trinajstić information content (AvgIpc) is 2.41. The SMILES string of the molecule is CCCC(CNC(=O)c1ccc(C(F)(F)F)nc1C)C(=O)O. The zero-order valence-corrected chi connectivity index (χ0v) is 12.2. The van der Waals surface area contributed by atoms with Gasteiger partial charge in [0.2, 0.25) is 0 Å². The Balaban J connectivity index is 2.80. The van der Waals surface area contributed by atoms with Gasteiger partial charge in [0.25, 0.3) is 5.91 Å². The smallest absolute Gasteiger partial charge is 0.433 e. The van der Waals surface area contributed by atoms with Crippen LogP contribution in [0.2, 0.25) is 0 Å². The Kier molecular flexibility index (Phi) is 5.90. The van der Waals surface area contributed by atoms with Gasteiger partial charge in [0.15, 0.2) is 0 Å². The fourth-order valence-electron chi connectivity index (χ4n) is 1.93. The second-order valence-electron chi connectivity index (χ2n) is 4.86. The minimum Gasteiger partial charge on any atom is -0.481 e. The first-order valence-corrected chi connectivity index (χ1v) is 6.72. The maximum Gasteiger partial charge on any atom is 0.433 e. The van der Waals surface area contributed by atoms with Crippen LogP contribution in [0.4, 0.5) is 13.2 Å². The van der Waals surface area contributed by atoms with Gasteiger partial charge < -0.3 is 10.4 Å². The van der Waals surface area contributed by atoms with E-state index in [0.29, 0.717) is 12.8 Å². The third-order valence-corrected chi connectivity index (χ3v) is 3.12. The summed E-state index contributed by atoms with van der Waals surface area (Å²) in [5.74, 6) is -2.39. The highest BCUT2D eigenvalue weighted by molar-refractivity contribution is 5.95. The molecule has 0 aliphatic heterocycles. The van der Waals surface area contributed by atoms with Crippen molar-refractivity contribution in [1.82, 2.24) is 10.3 Å². The van der Waals surface area contributed by atoms with Crippen molar-refractivity contribution < 1.29 is 27.9 Å². The topological polar surface area (TPSA) is 79.3 Å². The van der Waals surface area contributed by atoms with Crippen LogP contribution in [0.25, 0.3) is 0 Å². The summed E-state index contributed by atoms with van der Waals surface area (Å²) >= 11 is 0. The van der Waals surface area contributed by atoms with Gasteiger partial charge in [0.1, 0.15) is 5.69 Å². The maximum atomic E-state index is 12.5.